The van der Waals surface area contributed by atoms with Crippen molar-refractivity contribution in [2.45, 2.75) is 0 Å². The van der Waals surface area contributed by atoms with E-state index in [2.05, 4.69) is 0 Å². The summed E-state index contributed by atoms with van der Waals surface area (Å²) in [6, 6.07) is 0. The molecule has 0 heterocycles. The third-order valence-electron chi connectivity index (χ3n) is 0. The van der Waals surface area contributed by atoms with Crippen LogP contribution in [0.4, 0.5) is 0 Å². The zero-order valence-electron chi connectivity index (χ0n) is 3.61. The summed E-state index contributed by atoms with van der Waals surface area (Å²) in [5.41, 5.74) is 0. The number of rotatable bonds is 0. The molecule has 0 aliphatic rings. The van der Waals surface area contributed by atoms with E-state index < -0.39 is 18.3 Å². The summed E-state index contributed by atoms with van der Waals surface area (Å²) in [5, 5.41) is 0. The van der Waals surface area contributed by atoms with Gasteiger partial charge in [0.25, 0.3) is 0 Å². The van der Waals surface area contributed by atoms with Crippen LogP contribution in [0.1, 0.15) is 0 Å². The van der Waals surface area contributed by atoms with Gasteiger partial charge in [-0.3, -0.25) is 8.92 Å². The molecule has 0 saturated heterocycles. The predicted molar refractivity (Wildman–Crippen MR) is 47.4 cm³/mol. The van der Waals surface area contributed by atoms with Crippen LogP contribution in [-0.4, -0.2) is 133 Å². The fourth-order valence-electron chi connectivity index (χ4n) is 0. The topological polar surface area (TPSA) is 115 Å². The SMILES string of the molecule is O=[Si](O)O.O=[Si](O)O.[BaH2].[MgH2].[MgH2]. The third-order valence-corrected chi connectivity index (χ3v) is 0. The molecule has 0 atom stereocenters. The second-order valence-electron chi connectivity index (χ2n) is 0.565. The fraction of sp³-hybridized carbons (Fsp3) is 0. The molecule has 0 fully saturated rings. The molecule has 0 saturated carbocycles. The molecule has 60 valence electrons. The van der Waals surface area contributed by atoms with Gasteiger partial charge in [0, 0.05) is 0 Å². The summed E-state index contributed by atoms with van der Waals surface area (Å²) < 4.78 is 17.5. The second-order valence-corrected chi connectivity index (χ2v) is 1.70. The maximum absolute atomic E-state index is 8.74. The van der Waals surface area contributed by atoms with Gasteiger partial charge < -0.3 is 19.2 Å². The third kappa shape index (κ3) is 241. The van der Waals surface area contributed by atoms with Crippen molar-refractivity contribution in [1.82, 2.24) is 0 Å². The summed E-state index contributed by atoms with van der Waals surface area (Å²) >= 11 is 0. The first kappa shape index (κ1) is 29.2. The molecule has 11 heavy (non-hydrogen) atoms. The Balaban J connectivity index is -0.0000000171. The average Bonchev–Trinajstić information content (AvgIpc) is 1.25. The molecule has 0 aromatic rings. The molecule has 0 aromatic heterocycles. The standard InChI is InChI=1S/Ba.2Mg.2H2O3Si.6H/c;;;2*1-4(2)3;;;;;;/h;;;2*1-2H;;;;;;. The van der Waals surface area contributed by atoms with Crippen molar-refractivity contribution in [2.24, 2.45) is 0 Å². The molecule has 4 N–H and O–H groups in total. The molecule has 11 heteroatoms. The molecule has 0 radical (unpaired) electrons. The Morgan fingerprint density at radius 2 is 0.727 bits per heavy atom. The van der Waals surface area contributed by atoms with Gasteiger partial charge in [0.05, 0.1) is 0 Å². The quantitative estimate of drug-likeness (QED) is 0.324. The van der Waals surface area contributed by atoms with Crippen molar-refractivity contribution in [3.05, 3.63) is 0 Å². The zero-order chi connectivity index (χ0) is 7.15. The Hall–Kier alpha value is 2.34. The van der Waals surface area contributed by atoms with Crippen LogP contribution in [0, 0.1) is 0 Å². The van der Waals surface area contributed by atoms with E-state index in [0.29, 0.717) is 0 Å². The minimum Gasteiger partial charge on any atom is 0.316 e. The van der Waals surface area contributed by atoms with Crippen molar-refractivity contribution in [1.29, 1.82) is 0 Å². The molecule has 6 nitrogen and oxygen atoms in total. The molecule has 0 spiro atoms. The number of hydrogen-bond donors (Lipinski definition) is 4. The smallest absolute Gasteiger partial charge is 0.316 e. The van der Waals surface area contributed by atoms with E-state index in [1.54, 1.807) is 0 Å². The van der Waals surface area contributed by atoms with Gasteiger partial charge in [-0.2, -0.15) is 0 Å². The Bertz CT molecular complexity index is 76.6. The van der Waals surface area contributed by atoms with E-state index in [4.69, 9.17) is 28.1 Å². The molecular weight excluding hydrogens is 338 g/mol. The van der Waals surface area contributed by atoms with Crippen molar-refractivity contribution >= 4 is 113 Å². The second kappa shape index (κ2) is 22.8. The Morgan fingerprint density at radius 3 is 0.727 bits per heavy atom. The number of hydrogen-bond acceptors (Lipinski definition) is 2. The average molecular weight is 348 g/mol. The normalized spacial score (nSPS) is 4.36. The van der Waals surface area contributed by atoms with Crippen LogP contribution < -0.4 is 0 Å². The Kier molecular flexibility index (Phi) is 60.6. The van der Waals surface area contributed by atoms with E-state index in [1.165, 1.54) is 0 Å². The summed E-state index contributed by atoms with van der Waals surface area (Å²) in [4.78, 5) is 28.6. The molecule has 0 rings (SSSR count). The predicted octanol–water partition coefficient (Wildman–Crippen LogP) is -5.98. The van der Waals surface area contributed by atoms with E-state index in [-0.39, 0.29) is 95.0 Å². The van der Waals surface area contributed by atoms with Gasteiger partial charge in [-0.15, -0.1) is 0 Å². The first-order valence-electron chi connectivity index (χ1n) is 1.30. The molecule has 0 aromatic carbocycles. The van der Waals surface area contributed by atoms with Crippen molar-refractivity contribution in [3.8, 4) is 0 Å². The summed E-state index contributed by atoms with van der Waals surface area (Å²) in [6.07, 6.45) is 0. The van der Waals surface area contributed by atoms with E-state index in [1.807, 2.05) is 0 Å². The van der Waals surface area contributed by atoms with Gasteiger partial charge in [-0.05, 0) is 0 Å². The van der Waals surface area contributed by atoms with Gasteiger partial charge in [-0.1, -0.05) is 0 Å². The minimum absolute atomic E-state index is 0. The van der Waals surface area contributed by atoms with Crippen LogP contribution in [0.5, 0.6) is 0 Å². The molecule has 0 amide bonds. The van der Waals surface area contributed by atoms with Gasteiger partial charge in [-0.25, -0.2) is 0 Å². The maximum atomic E-state index is 8.74. The monoisotopic (exact) mass is 348 g/mol. The van der Waals surface area contributed by atoms with Crippen LogP contribution in [0.2, 0.25) is 0 Å². The van der Waals surface area contributed by atoms with E-state index in [9.17, 15) is 0 Å². The van der Waals surface area contributed by atoms with Crippen LogP contribution in [-0.2, 0) is 8.92 Å². The van der Waals surface area contributed by atoms with E-state index in [0.717, 1.165) is 0 Å². The molecular formula is H10BaMg2O6Si2. The Labute approximate surface area is 139 Å². The molecule has 0 unspecified atom stereocenters. The van der Waals surface area contributed by atoms with Crippen LogP contribution in [0.25, 0.3) is 0 Å². The fourth-order valence-corrected chi connectivity index (χ4v) is 0. The summed E-state index contributed by atoms with van der Waals surface area (Å²) in [5.74, 6) is 0. The van der Waals surface area contributed by atoms with Gasteiger partial charge in [0.2, 0.25) is 0 Å². The molecule has 0 bridgehead atoms. The zero-order valence-corrected chi connectivity index (χ0v) is 5.61. The molecule has 0 aliphatic carbocycles. The van der Waals surface area contributed by atoms with Crippen LogP contribution in [0.15, 0.2) is 0 Å². The minimum atomic E-state index is -3.13. The summed E-state index contributed by atoms with van der Waals surface area (Å²) in [6.45, 7) is 0. The maximum Gasteiger partial charge on any atom is 0.316 e. The van der Waals surface area contributed by atoms with Gasteiger partial charge in [0.15, 0.2) is 0 Å². The van der Waals surface area contributed by atoms with Crippen LogP contribution in [0.3, 0.4) is 0 Å². The van der Waals surface area contributed by atoms with Gasteiger partial charge in [0.1, 0.15) is 0 Å². The summed E-state index contributed by atoms with van der Waals surface area (Å²) in [7, 11) is -6.26. The van der Waals surface area contributed by atoms with Crippen molar-refractivity contribution in [2.75, 3.05) is 0 Å². The van der Waals surface area contributed by atoms with Crippen molar-refractivity contribution < 1.29 is 28.1 Å². The van der Waals surface area contributed by atoms with Gasteiger partial charge >= 0.3 is 113 Å². The first-order valence-corrected chi connectivity index (χ1v) is 3.91. The van der Waals surface area contributed by atoms with Crippen LogP contribution >= 0.6 is 0 Å². The Morgan fingerprint density at radius 1 is 0.727 bits per heavy atom. The van der Waals surface area contributed by atoms with E-state index >= 15 is 0 Å². The van der Waals surface area contributed by atoms with Crippen molar-refractivity contribution in [3.63, 3.8) is 0 Å². The first-order chi connectivity index (χ1) is 3.46. The molecule has 0 aliphatic heterocycles. The largest absolute Gasteiger partial charge is 0.316 e.